The number of nitrogens with zero attached hydrogens (tertiary/aromatic N) is 2. The molecule has 0 aromatic carbocycles. The number of carboxylic acids is 1. The van der Waals surface area contributed by atoms with Crippen LogP contribution in [-0.2, 0) is 9.53 Å². The molecule has 102 valence electrons. The van der Waals surface area contributed by atoms with Crippen molar-refractivity contribution in [2.75, 3.05) is 39.4 Å². The normalized spacial score (nSPS) is 29.2. The summed E-state index contributed by atoms with van der Waals surface area (Å²) in [5.74, 6) is -0.822. The van der Waals surface area contributed by atoms with Crippen LogP contribution in [0.3, 0.4) is 0 Å². The van der Waals surface area contributed by atoms with Crippen LogP contribution in [0.5, 0.6) is 0 Å². The molecule has 18 heavy (non-hydrogen) atoms. The highest BCUT2D eigenvalue weighted by Gasteiger charge is 2.43. The van der Waals surface area contributed by atoms with E-state index < -0.39 is 11.4 Å². The van der Waals surface area contributed by atoms with Crippen molar-refractivity contribution in [3.63, 3.8) is 0 Å². The van der Waals surface area contributed by atoms with Gasteiger partial charge in [-0.15, -0.1) is 0 Å². The maximum atomic E-state index is 12.3. The van der Waals surface area contributed by atoms with Crippen LogP contribution in [0.25, 0.3) is 0 Å². The number of likely N-dealkylation sites (tertiary alicyclic amines) is 1. The number of carboxylic acid groups (broad SMARTS) is 1. The highest BCUT2D eigenvalue weighted by molar-refractivity contribution is 5.79. The number of amides is 2. The number of hydrogen-bond acceptors (Lipinski definition) is 3. The minimum Gasteiger partial charge on any atom is -0.481 e. The first kappa shape index (κ1) is 13.1. The van der Waals surface area contributed by atoms with E-state index in [2.05, 4.69) is 0 Å². The molecule has 1 N–H and O–H groups in total. The van der Waals surface area contributed by atoms with Crippen LogP contribution in [0.1, 0.15) is 19.8 Å². The van der Waals surface area contributed by atoms with Gasteiger partial charge in [0.05, 0.1) is 12.0 Å². The van der Waals surface area contributed by atoms with Crippen LogP contribution in [0.2, 0.25) is 0 Å². The summed E-state index contributed by atoms with van der Waals surface area (Å²) in [5, 5.41) is 9.16. The summed E-state index contributed by atoms with van der Waals surface area (Å²) in [6, 6.07) is -0.0505. The van der Waals surface area contributed by atoms with E-state index in [4.69, 9.17) is 9.84 Å². The molecule has 0 saturated carbocycles. The molecule has 2 amide bonds. The highest BCUT2D eigenvalue weighted by atomic mass is 16.5. The first-order chi connectivity index (χ1) is 8.53. The Morgan fingerprint density at radius 3 is 2.61 bits per heavy atom. The Balaban J connectivity index is 1.96. The molecule has 2 fully saturated rings. The van der Waals surface area contributed by atoms with Gasteiger partial charge in [0, 0.05) is 32.8 Å². The fourth-order valence-corrected chi connectivity index (χ4v) is 2.44. The van der Waals surface area contributed by atoms with Gasteiger partial charge in [-0.05, 0) is 19.8 Å². The third kappa shape index (κ3) is 2.58. The van der Waals surface area contributed by atoms with Gasteiger partial charge in [-0.3, -0.25) is 4.79 Å². The maximum Gasteiger partial charge on any atom is 0.320 e. The van der Waals surface area contributed by atoms with Crippen molar-refractivity contribution in [1.82, 2.24) is 9.80 Å². The molecule has 1 unspecified atom stereocenters. The van der Waals surface area contributed by atoms with Crippen LogP contribution >= 0.6 is 0 Å². The fraction of sp³-hybridized carbons (Fsp3) is 0.833. The van der Waals surface area contributed by atoms with Gasteiger partial charge in [-0.2, -0.15) is 0 Å². The van der Waals surface area contributed by atoms with Crippen molar-refractivity contribution >= 4 is 12.0 Å². The molecule has 2 heterocycles. The molecule has 0 aliphatic carbocycles. The molecule has 2 aliphatic heterocycles. The zero-order valence-electron chi connectivity index (χ0n) is 10.7. The summed E-state index contributed by atoms with van der Waals surface area (Å²) < 4.78 is 5.31. The number of rotatable bonds is 1. The van der Waals surface area contributed by atoms with Crippen LogP contribution in [0.15, 0.2) is 0 Å². The minimum absolute atomic E-state index is 0.0505. The molecule has 6 heteroatoms. The predicted octanol–water partition coefficient (Wildman–Crippen LogP) is 0.625. The summed E-state index contributed by atoms with van der Waals surface area (Å²) >= 11 is 0. The Kier molecular flexibility index (Phi) is 3.75. The molecule has 0 bridgehead atoms. The van der Waals surface area contributed by atoms with Gasteiger partial charge in [0.2, 0.25) is 0 Å². The quantitative estimate of drug-likeness (QED) is 0.747. The second kappa shape index (κ2) is 5.14. The van der Waals surface area contributed by atoms with Crippen molar-refractivity contribution < 1.29 is 19.4 Å². The van der Waals surface area contributed by atoms with Crippen molar-refractivity contribution in [1.29, 1.82) is 0 Å². The second-order valence-electron chi connectivity index (χ2n) is 5.27. The smallest absolute Gasteiger partial charge is 0.320 e. The average molecular weight is 256 g/mol. The Bertz CT molecular complexity index is 339. The van der Waals surface area contributed by atoms with E-state index in [9.17, 15) is 9.59 Å². The number of aliphatic carboxylic acids is 1. The minimum atomic E-state index is -0.822. The van der Waals surface area contributed by atoms with E-state index >= 15 is 0 Å². The summed E-state index contributed by atoms with van der Waals surface area (Å²) in [6.07, 6.45) is 1.37. The standard InChI is InChI=1S/C12H20N2O4/c1-12(10(15)16)3-5-14(9-12)11(17)13-4-2-7-18-8-6-13/h2-9H2,1H3,(H,15,16). The first-order valence-corrected chi connectivity index (χ1v) is 6.38. The Morgan fingerprint density at radius 1 is 1.17 bits per heavy atom. The third-order valence-electron chi connectivity index (χ3n) is 3.75. The Labute approximate surface area is 106 Å². The zero-order chi connectivity index (χ0) is 13.2. The van der Waals surface area contributed by atoms with Gasteiger partial charge in [-0.1, -0.05) is 0 Å². The van der Waals surface area contributed by atoms with Crippen molar-refractivity contribution in [2.45, 2.75) is 19.8 Å². The number of carbonyl (C=O) groups is 2. The van der Waals surface area contributed by atoms with E-state index in [1.165, 1.54) is 0 Å². The molecule has 0 spiro atoms. The lowest BCUT2D eigenvalue weighted by atomic mass is 9.90. The second-order valence-corrected chi connectivity index (χ2v) is 5.27. The summed E-state index contributed by atoms with van der Waals surface area (Å²) in [6.45, 7) is 5.08. The molecule has 0 radical (unpaired) electrons. The molecular formula is C12H20N2O4. The van der Waals surface area contributed by atoms with Crippen molar-refractivity contribution in [2.24, 2.45) is 5.41 Å². The lowest BCUT2D eigenvalue weighted by molar-refractivity contribution is -0.147. The first-order valence-electron chi connectivity index (χ1n) is 6.38. The van der Waals surface area contributed by atoms with Gasteiger partial charge in [0.15, 0.2) is 0 Å². The van der Waals surface area contributed by atoms with Crippen LogP contribution in [0, 0.1) is 5.41 Å². The third-order valence-corrected chi connectivity index (χ3v) is 3.75. The molecular weight excluding hydrogens is 236 g/mol. The molecule has 2 saturated heterocycles. The van der Waals surface area contributed by atoms with Gasteiger partial charge in [0.25, 0.3) is 0 Å². The average Bonchev–Trinajstić information content (AvgIpc) is 2.59. The largest absolute Gasteiger partial charge is 0.481 e. The lowest BCUT2D eigenvalue weighted by Crippen LogP contribution is -2.44. The topological polar surface area (TPSA) is 70.1 Å². The zero-order valence-corrected chi connectivity index (χ0v) is 10.7. The van der Waals surface area contributed by atoms with Gasteiger partial charge in [-0.25, -0.2) is 4.79 Å². The van der Waals surface area contributed by atoms with Gasteiger partial charge in [0.1, 0.15) is 0 Å². The highest BCUT2D eigenvalue weighted by Crippen LogP contribution is 2.30. The van der Waals surface area contributed by atoms with E-state index in [0.717, 1.165) is 6.42 Å². The SMILES string of the molecule is CC1(C(=O)O)CCN(C(=O)N2CCCOCC2)C1. The number of hydrogen-bond donors (Lipinski definition) is 1. The Morgan fingerprint density at radius 2 is 1.94 bits per heavy atom. The summed E-state index contributed by atoms with van der Waals surface area (Å²) in [4.78, 5) is 26.8. The van der Waals surface area contributed by atoms with Gasteiger partial charge >= 0.3 is 12.0 Å². The number of carbonyl (C=O) groups excluding carboxylic acids is 1. The molecule has 0 aromatic rings. The van der Waals surface area contributed by atoms with E-state index in [-0.39, 0.29) is 6.03 Å². The molecule has 2 aliphatic rings. The van der Waals surface area contributed by atoms with Crippen LogP contribution in [-0.4, -0.2) is 66.3 Å². The number of ether oxygens (including phenoxy) is 1. The maximum absolute atomic E-state index is 12.3. The Hall–Kier alpha value is -1.30. The van der Waals surface area contributed by atoms with E-state index in [0.29, 0.717) is 45.8 Å². The van der Waals surface area contributed by atoms with E-state index in [1.54, 1.807) is 16.7 Å². The number of urea groups is 1. The van der Waals surface area contributed by atoms with Crippen LogP contribution < -0.4 is 0 Å². The summed E-state index contributed by atoms with van der Waals surface area (Å²) in [7, 11) is 0. The molecule has 6 nitrogen and oxygen atoms in total. The lowest BCUT2D eigenvalue weighted by Gasteiger charge is -2.27. The molecule has 0 aromatic heterocycles. The van der Waals surface area contributed by atoms with Crippen molar-refractivity contribution in [3.8, 4) is 0 Å². The van der Waals surface area contributed by atoms with Crippen molar-refractivity contribution in [3.05, 3.63) is 0 Å². The van der Waals surface area contributed by atoms with Crippen LogP contribution in [0.4, 0.5) is 4.79 Å². The van der Waals surface area contributed by atoms with Gasteiger partial charge < -0.3 is 19.6 Å². The molecule has 1 atom stereocenters. The summed E-state index contributed by atoms with van der Waals surface area (Å²) in [5.41, 5.74) is -0.794. The fourth-order valence-electron chi connectivity index (χ4n) is 2.44. The predicted molar refractivity (Wildman–Crippen MR) is 64.3 cm³/mol. The molecule has 2 rings (SSSR count). The monoisotopic (exact) mass is 256 g/mol. The van der Waals surface area contributed by atoms with E-state index in [1.807, 2.05) is 0 Å².